The largest absolute Gasteiger partial charge is 0.493 e. The summed E-state index contributed by atoms with van der Waals surface area (Å²) in [5, 5.41) is 4.19. The van der Waals surface area contributed by atoms with Gasteiger partial charge < -0.3 is 14.8 Å². The molecule has 0 fully saturated rings. The number of carbonyl (C=O) groups is 1. The van der Waals surface area contributed by atoms with Crippen LogP contribution < -0.4 is 14.8 Å². The summed E-state index contributed by atoms with van der Waals surface area (Å²) in [5.41, 5.74) is 2.05. The molecule has 5 nitrogen and oxygen atoms in total. The van der Waals surface area contributed by atoms with Gasteiger partial charge in [-0.3, -0.25) is 4.79 Å². The fourth-order valence-corrected chi connectivity index (χ4v) is 3.81. The highest BCUT2D eigenvalue weighted by Crippen LogP contribution is 2.28. The molecule has 0 spiro atoms. The molecule has 3 rings (SSSR count). The van der Waals surface area contributed by atoms with E-state index in [0.717, 1.165) is 21.0 Å². The maximum Gasteiger partial charge on any atom is 0.226 e. The number of benzene rings is 2. The number of thiazole rings is 1. The Kier molecular flexibility index (Phi) is 6.90. The third kappa shape index (κ3) is 5.24. The molecule has 0 aliphatic heterocycles. The SMILES string of the molecule is COc1ccc(CCC(=O)Nc2ncc(Cc3ccccc3Cl)s2)cc1OC. The highest BCUT2D eigenvalue weighted by atomic mass is 35.5. The Bertz CT molecular complexity index is 958. The van der Waals surface area contributed by atoms with Crippen LogP contribution in [0, 0.1) is 0 Å². The summed E-state index contributed by atoms with van der Waals surface area (Å²) in [6, 6.07) is 13.4. The highest BCUT2D eigenvalue weighted by Gasteiger charge is 2.10. The van der Waals surface area contributed by atoms with E-state index in [1.165, 1.54) is 11.3 Å². The van der Waals surface area contributed by atoms with E-state index in [-0.39, 0.29) is 5.91 Å². The van der Waals surface area contributed by atoms with Gasteiger partial charge in [0.25, 0.3) is 0 Å². The lowest BCUT2D eigenvalue weighted by atomic mass is 10.1. The van der Waals surface area contributed by atoms with E-state index in [2.05, 4.69) is 10.3 Å². The van der Waals surface area contributed by atoms with Crippen molar-refractivity contribution in [3.63, 3.8) is 0 Å². The molecule has 146 valence electrons. The predicted octanol–water partition coefficient (Wildman–Crippen LogP) is 4.98. The number of nitrogens with zero attached hydrogens (tertiary/aromatic N) is 1. The fraction of sp³-hybridized carbons (Fsp3) is 0.238. The monoisotopic (exact) mass is 416 g/mol. The molecule has 0 saturated heterocycles. The van der Waals surface area contributed by atoms with Gasteiger partial charge in [0.15, 0.2) is 16.6 Å². The van der Waals surface area contributed by atoms with Gasteiger partial charge in [0.05, 0.1) is 14.2 Å². The molecule has 2 aromatic carbocycles. The first kappa shape index (κ1) is 20.2. The van der Waals surface area contributed by atoms with Crippen LogP contribution in [0.3, 0.4) is 0 Å². The molecule has 0 radical (unpaired) electrons. The molecule has 7 heteroatoms. The molecule has 1 heterocycles. The van der Waals surface area contributed by atoms with Crippen molar-refractivity contribution in [2.24, 2.45) is 0 Å². The second kappa shape index (κ2) is 9.57. The molecule has 0 atom stereocenters. The predicted molar refractivity (Wildman–Crippen MR) is 113 cm³/mol. The molecule has 1 amide bonds. The van der Waals surface area contributed by atoms with Crippen molar-refractivity contribution >= 4 is 34.0 Å². The van der Waals surface area contributed by atoms with Crippen LogP contribution in [0.5, 0.6) is 11.5 Å². The molecular formula is C21H21ClN2O3S. The topological polar surface area (TPSA) is 60.5 Å². The van der Waals surface area contributed by atoms with E-state index >= 15 is 0 Å². The summed E-state index contributed by atoms with van der Waals surface area (Å²) >= 11 is 7.66. The number of carbonyl (C=O) groups excluding carboxylic acids is 1. The first-order valence-electron chi connectivity index (χ1n) is 8.78. The molecular weight excluding hydrogens is 396 g/mol. The molecule has 3 aromatic rings. The van der Waals surface area contributed by atoms with Gasteiger partial charge in [-0.25, -0.2) is 4.98 Å². The third-order valence-electron chi connectivity index (χ3n) is 4.21. The van der Waals surface area contributed by atoms with Crippen molar-refractivity contribution in [2.75, 3.05) is 19.5 Å². The van der Waals surface area contributed by atoms with E-state index in [1.54, 1.807) is 20.4 Å². The number of nitrogens with one attached hydrogen (secondary N) is 1. The van der Waals surface area contributed by atoms with Crippen LogP contribution in [0.25, 0.3) is 0 Å². The molecule has 1 aromatic heterocycles. The number of hydrogen-bond acceptors (Lipinski definition) is 5. The van der Waals surface area contributed by atoms with E-state index in [4.69, 9.17) is 21.1 Å². The summed E-state index contributed by atoms with van der Waals surface area (Å²) in [6.07, 6.45) is 3.43. The number of halogens is 1. The molecule has 0 saturated carbocycles. The molecule has 0 aliphatic carbocycles. The van der Waals surface area contributed by atoms with Crippen molar-refractivity contribution < 1.29 is 14.3 Å². The number of aromatic nitrogens is 1. The average molecular weight is 417 g/mol. The molecule has 0 unspecified atom stereocenters. The average Bonchev–Trinajstić information content (AvgIpc) is 3.14. The Morgan fingerprint density at radius 1 is 1.14 bits per heavy atom. The second-order valence-electron chi connectivity index (χ2n) is 6.14. The minimum atomic E-state index is -0.0755. The van der Waals surface area contributed by atoms with Gasteiger partial charge in [-0.15, -0.1) is 11.3 Å². The summed E-state index contributed by atoms with van der Waals surface area (Å²) < 4.78 is 10.5. The van der Waals surface area contributed by atoms with Crippen LogP contribution in [0.2, 0.25) is 5.02 Å². The van der Waals surface area contributed by atoms with Crippen LogP contribution >= 0.6 is 22.9 Å². The zero-order valence-electron chi connectivity index (χ0n) is 15.7. The number of hydrogen-bond donors (Lipinski definition) is 1. The quantitative estimate of drug-likeness (QED) is 0.562. The molecule has 28 heavy (non-hydrogen) atoms. The number of ether oxygens (including phenoxy) is 2. The van der Waals surface area contributed by atoms with Crippen molar-refractivity contribution in [1.82, 2.24) is 4.98 Å². The minimum absolute atomic E-state index is 0.0755. The Balaban J connectivity index is 1.54. The minimum Gasteiger partial charge on any atom is -0.493 e. The van der Waals surface area contributed by atoms with E-state index in [1.807, 2.05) is 42.5 Å². The lowest BCUT2D eigenvalue weighted by Crippen LogP contribution is -2.12. The van der Waals surface area contributed by atoms with Crippen LogP contribution in [0.4, 0.5) is 5.13 Å². The van der Waals surface area contributed by atoms with Gasteiger partial charge in [0.2, 0.25) is 5.91 Å². The number of aryl methyl sites for hydroxylation is 1. The Labute approximate surface area is 173 Å². The number of amides is 1. The van der Waals surface area contributed by atoms with Crippen LogP contribution in [-0.2, 0) is 17.6 Å². The number of anilines is 1. The van der Waals surface area contributed by atoms with Crippen molar-refractivity contribution in [3.8, 4) is 11.5 Å². The summed E-state index contributed by atoms with van der Waals surface area (Å²) in [4.78, 5) is 17.6. The maximum absolute atomic E-state index is 12.3. The standard InChI is InChI=1S/C21H21ClN2O3S/c1-26-18-9-7-14(11-19(18)27-2)8-10-20(25)24-21-23-13-16(28-21)12-15-5-3-4-6-17(15)22/h3-7,9,11,13H,8,10,12H2,1-2H3,(H,23,24,25). The summed E-state index contributed by atoms with van der Waals surface area (Å²) in [7, 11) is 3.19. The smallest absolute Gasteiger partial charge is 0.226 e. The third-order valence-corrected chi connectivity index (χ3v) is 5.49. The molecule has 1 N–H and O–H groups in total. The van der Waals surface area contributed by atoms with Gasteiger partial charge in [-0.05, 0) is 35.7 Å². The Morgan fingerprint density at radius 3 is 2.68 bits per heavy atom. The van der Waals surface area contributed by atoms with Gasteiger partial charge in [0.1, 0.15) is 0 Å². The Hall–Kier alpha value is -2.57. The van der Waals surface area contributed by atoms with E-state index in [9.17, 15) is 4.79 Å². The maximum atomic E-state index is 12.3. The van der Waals surface area contributed by atoms with Gasteiger partial charge in [-0.2, -0.15) is 0 Å². The van der Waals surface area contributed by atoms with Gasteiger partial charge in [-0.1, -0.05) is 35.9 Å². The number of rotatable bonds is 8. The van der Waals surface area contributed by atoms with Crippen LogP contribution in [0.15, 0.2) is 48.7 Å². The first-order chi connectivity index (χ1) is 13.6. The van der Waals surface area contributed by atoms with Crippen LogP contribution in [0.1, 0.15) is 22.4 Å². The summed E-state index contributed by atoms with van der Waals surface area (Å²) in [5.74, 6) is 1.25. The van der Waals surface area contributed by atoms with Crippen molar-refractivity contribution in [3.05, 3.63) is 69.7 Å². The highest BCUT2D eigenvalue weighted by molar-refractivity contribution is 7.15. The summed E-state index contributed by atoms with van der Waals surface area (Å²) in [6.45, 7) is 0. The second-order valence-corrected chi connectivity index (χ2v) is 7.66. The fourth-order valence-electron chi connectivity index (χ4n) is 2.75. The van der Waals surface area contributed by atoms with E-state index in [0.29, 0.717) is 35.9 Å². The zero-order valence-corrected chi connectivity index (χ0v) is 17.3. The first-order valence-corrected chi connectivity index (χ1v) is 9.97. The number of methoxy groups -OCH3 is 2. The zero-order chi connectivity index (χ0) is 19.9. The van der Waals surface area contributed by atoms with Crippen LogP contribution in [-0.4, -0.2) is 25.1 Å². The lowest BCUT2D eigenvalue weighted by Gasteiger charge is -2.09. The molecule has 0 aliphatic rings. The van der Waals surface area contributed by atoms with E-state index < -0.39 is 0 Å². The van der Waals surface area contributed by atoms with Crippen molar-refractivity contribution in [2.45, 2.75) is 19.3 Å². The molecule has 0 bridgehead atoms. The normalized spacial score (nSPS) is 10.5. The van der Waals surface area contributed by atoms with Crippen molar-refractivity contribution in [1.29, 1.82) is 0 Å². The van der Waals surface area contributed by atoms with Gasteiger partial charge >= 0.3 is 0 Å². The lowest BCUT2D eigenvalue weighted by molar-refractivity contribution is -0.116. The van der Waals surface area contributed by atoms with Gasteiger partial charge in [0, 0.05) is 28.9 Å². The Morgan fingerprint density at radius 2 is 1.93 bits per heavy atom.